The summed E-state index contributed by atoms with van der Waals surface area (Å²) in [6.45, 7) is 0. The minimum atomic E-state index is -4.67. The fraction of sp³-hybridized carbons (Fsp3) is 0. The van der Waals surface area contributed by atoms with E-state index in [1.54, 1.807) is 0 Å². The van der Waals surface area contributed by atoms with Gasteiger partial charge in [-0.05, 0) is 0 Å². The van der Waals surface area contributed by atoms with Crippen molar-refractivity contribution in [1.29, 1.82) is 0 Å². The van der Waals surface area contributed by atoms with Gasteiger partial charge in [0.05, 0.1) is 0 Å². The molecule has 0 aromatic heterocycles. The Morgan fingerprint density at radius 3 is 0.529 bits per heavy atom. The van der Waals surface area contributed by atoms with Crippen LogP contribution in [0.5, 0.6) is 0 Å². The van der Waals surface area contributed by atoms with Crippen molar-refractivity contribution in [3.8, 4) is 0 Å². The van der Waals surface area contributed by atoms with Crippen LogP contribution in [0.2, 0.25) is 0 Å². The van der Waals surface area contributed by atoms with Crippen LogP contribution in [0.25, 0.3) is 0 Å². The van der Waals surface area contributed by atoms with Crippen LogP contribution in [0.3, 0.4) is 0 Å². The van der Waals surface area contributed by atoms with Gasteiger partial charge in [-0.1, -0.05) is 0 Å². The van der Waals surface area contributed by atoms with E-state index >= 15 is 0 Å². The first-order valence-electron chi connectivity index (χ1n) is 0.698. The molecule has 0 aromatic carbocycles. The number of hydrogen-bond donors (Lipinski definition) is 2. The molecule has 14 nitrogen and oxygen atoms in total. The van der Waals surface area contributed by atoms with Gasteiger partial charge in [0.15, 0.2) is 17.4 Å². The second-order valence-corrected chi connectivity index (χ2v) is 1.34. The van der Waals surface area contributed by atoms with Crippen molar-refractivity contribution in [2.75, 3.05) is 0 Å². The SMILES string of the molecule is O.O.O.O.O.O.O.O.O.O.O=S(=O)(O)O.[AlH3].[KH]. The van der Waals surface area contributed by atoms with Crippen LogP contribution in [0.15, 0.2) is 0 Å². The van der Waals surface area contributed by atoms with Gasteiger partial charge in [-0.3, -0.25) is 9.11 Å². The molecular formula is H26AlKO14S. The molecule has 0 saturated heterocycles. The Morgan fingerprint density at radius 2 is 0.529 bits per heavy atom. The summed E-state index contributed by atoms with van der Waals surface area (Å²) in [5.74, 6) is 0. The summed E-state index contributed by atoms with van der Waals surface area (Å²) in [5, 5.41) is 0. The molecule has 0 amide bonds. The van der Waals surface area contributed by atoms with E-state index < -0.39 is 10.4 Å². The Balaban J connectivity index is -0.00000000121. The molecule has 17 heavy (non-hydrogen) atoms. The molecule has 22 N–H and O–H groups in total. The third-order valence-corrected chi connectivity index (χ3v) is 0. The average molecular weight is 348 g/mol. The maximum atomic E-state index is 8.74. The van der Waals surface area contributed by atoms with Gasteiger partial charge >= 0.3 is 61.8 Å². The van der Waals surface area contributed by atoms with Gasteiger partial charge in [-0.25, -0.2) is 0 Å². The molecule has 0 bridgehead atoms. The summed E-state index contributed by atoms with van der Waals surface area (Å²) in [7, 11) is -4.67. The van der Waals surface area contributed by atoms with E-state index in [-0.39, 0.29) is 124 Å². The Morgan fingerprint density at radius 1 is 0.529 bits per heavy atom. The molecule has 0 rings (SSSR count). The maximum absolute atomic E-state index is 8.74. The van der Waals surface area contributed by atoms with Crippen molar-refractivity contribution >= 4 is 79.1 Å². The molecule has 120 valence electrons. The third kappa shape index (κ3) is 1610. The number of rotatable bonds is 0. The number of hydrogen-bond acceptors (Lipinski definition) is 2. The van der Waals surface area contributed by atoms with Crippen LogP contribution >= 0.6 is 0 Å². The van der Waals surface area contributed by atoms with Crippen molar-refractivity contribution < 1.29 is 72.3 Å². The van der Waals surface area contributed by atoms with E-state index in [4.69, 9.17) is 17.5 Å². The van der Waals surface area contributed by atoms with Gasteiger partial charge in [0.25, 0.3) is 0 Å². The van der Waals surface area contributed by atoms with Crippen LogP contribution in [0.4, 0.5) is 0 Å². The molecule has 0 unspecified atom stereocenters. The second kappa shape index (κ2) is 83.7. The van der Waals surface area contributed by atoms with Gasteiger partial charge in [-0.15, -0.1) is 0 Å². The van der Waals surface area contributed by atoms with E-state index in [2.05, 4.69) is 0 Å². The van der Waals surface area contributed by atoms with Crippen LogP contribution in [0.1, 0.15) is 0 Å². The van der Waals surface area contributed by atoms with Gasteiger partial charge in [0.2, 0.25) is 0 Å². The molecule has 0 aliphatic carbocycles. The predicted molar refractivity (Wildman–Crippen MR) is 67.4 cm³/mol. The fourth-order valence-corrected chi connectivity index (χ4v) is 0. The molecule has 0 atom stereocenters. The van der Waals surface area contributed by atoms with E-state index in [0.717, 1.165) is 0 Å². The summed E-state index contributed by atoms with van der Waals surface area (Å²) in [4.78, 5) is 0. The summed E-state index contributed by atoms with van der Waals surface area (Å²) in [6.07, 6.45) is 0. The molecule has 17 heteroatoms. The first-order valence-corrected chi connectivity index (χ1v) is 2.10. The standard InChI is InChI=1S/Al.K.H2O4S.10H2O.4H/c;;1-5(2,3)4;;;;;;;;;;;;;;/h;;(H2,1,2,3,4);10*1H2;;;;. The quantitative estimate of drug-likeness (QED) is 0.317. The van der Waals surface area contributed by atoms with Gasteiger partial charge in [-0.2, -0.15) is 8.42 Å². The Hall–Kier alpha value is 1.64. The van der Waals surface area contributed by atoms with E-state index in [0.29, 0.717) is 0 Å². The topological polar surface area (TPSA) is 390 Å². The molecule has 0 aliphatic rings. The molecule has 0 fully saturated rings. The zero-order chi connectivity index (χ0) is 4.50. The normalized spacial score (nSPS) is 3.41. The Bertz CT molecular complexity index is 99.4. The van der Waals surface area contributed by atoms with E-state index in [1.165, 1.54) is 0 Å². The first kappa shape index (κ1) is 182. The summed E-state index contributed by atoms with van der Waals surface area (Å²) in [5.41, 5.74) is 0. The van der Waals surface area contributed by atoms with Crippen LogP contribution in [-0.2, 0) is 10.4 Å². The average Bonchev–Trinajstić information content (AvgIpc) is 0.722. The van der Waals surface area contributed by atoms with Crippen LogP contribution in [0, 0.1) is 0 Å². The second-order valence-electron chi connectivity index (χ2n) is 0.448. The fourth-order valence-electron chi connectivity index (χ4n) is 0. The first-order chi connectivity index (χ1) is 2.00. The van der Waals surface area contributed by atoms with Crippen LogP contribution < -0.4 is 0 Å². The van der Waals surface area contributed by atoms with Gasteiger partial charge in [0, 0.05) is 0 Å². The molecule has 0 aromatic rings. The molecule has 0 saturated carbocycles. The minimum absolute atomic E-state index is 0. The van der Waals surface area contributed by atoms with Crippen molar-refractivity contribution in [3.05, 3.63) is 0 Å². The molecule has 0 heterocycles. The van der Waals surface area contributed by atoms with E-state index in [1.807, 2.05) is 0 Å². The predicted octanol–water partition coefficient (Wildman–Crippen LogP) is -10.7. The zero-order valence-electron chi connectivity index (χ0n) is 7.12. The Labute approximate surface area is 150 Å². The van der Waals surface area contributed by atoms with Crippen molar-refractivity contribution in [2.24, 2.45) is 0 Å². The summed E-state index contributed by atoms with van der Waals surface area (Å²) in [6, 6.07) is 0. The third-order valence-electron chi connectivity index (χ3n) is 0. The van der Waals surface area contributed by atoms with Gasteiger partial charge in [0.1, 0.15) is 0 Å². The monoisotopic (exact) mass is 348 g/mol. The van der Waals surface area contributed by atoms with Gasteiger partial charge < -0.3 is 54.8 Å². The Kier molecular flexibility index (Phi) is 898. The summed E-state index contributed by atoms with van der Waals surface area (Å²) >= 11 is 0. The summed E-state index contributed by atoms with van der Waals surface area (Å²) < 4.78 is 31.6. The van der Waals surface area contributed by atoms with Crippen molar-refractivity contribution in [3.63, 3.8) is 0 Å². The molecule has 0 aliphatic heterocycles. The molecule has 0 spiro atoms. The zero-order valence-corrected chi connectivity index (χ0v) is 7.94. The van der Waals surface area contributed by atoms with Crippen LogP contribution in [-0.4, -0.2) is 141 Å². The van der Waals surface area contributed by atoms with Crippen molar-refractivity contribution in [1.82, 2.24) is 0 Å². The van der Waals surface area contributed by atoms with Crippen molar-refractivity contribution in [2.45, 2.75) is 0 Å². The molecular weight excluding hydrogens is 322 g/mol. The molecule has 0 radical (unpaired) electrons. The van der Waals surface area contributed by atoms with E-state index in [9.17, 15) is 0 Å².